The number of rotatable bonds is 9. The van der Waals surface area contributed by atoms with Gasteiger partial charge in [0, 0.05) is 12.1 Å². The van der Waals surface area contributed by atoms with E-state index in [1.807, 2.05) is 32.8 Å². The third-order valence-electron chi connectivity index (χ3n) is 5.66. The van der Waals surface area contributed by atoms with Gasteiger partial charge in [-0.1, -0.05) is 19.1 Å². The van der Waals surface area contributed by atoms with Gasteiger partial charge in [-0.25, -0.2) is 4.39 Å². The third-order valence-corrected chi connectivity index (χ3v) is 5.66. The first kappa shape index (κ1) is 24.5. The van der Waals surface area contributed by atoms with Gasteiger partial charge >= 0.3 is 0 Å². The Kier molecular flexibility index (Phi) is 7.87. The summed E-state index contributed by atoms with van der Waals surface area (Å²) in [6.45, 7) is 5.48. The molecule has 1 amide bonds. The van der Waals surface area contributed by atoms with Crippen LogP contribution in [0.2, 0.25) is 0 Å². The van der Waals surface area contributed by atoms with Crippen molar-refractivity contribution in [1.29, 1.82) is 0 Å². The summed E-state index contributed by atoms with van der Waals surface area (Å²) in [5.41, 5.74) is 1.76. The van der Waals surface area contributed by atoms with Crippen LogP contribution in [0.25, 0.3) is 5.76 Å². The zero-order valence-electron chi connectivity index (χ0n) is 19.6. The van der Waals surface area contributed by atoms with Gasteiger partial charge in [0.2, 0.25) is 0 Å². The molecule has 2 aromatic carbocycles. The van der Waals surface area contributed by atoms with Crippen molar-refractivity contribution in [2.75, 3.05) is 33.8 Å². The second-order valence-electron chi connectivity index (χ2n) is 8.53. The summed E-state index contributed by atoms with van der Waals surface area (Å²) in [5.74, 6) is -1.38. The molecule has 1 unspecified atom stereocenters. The molecular weight excluding hydrogens is 423 g/mol. The highest BCUT2D eigenvalue weighted by Crippen LogP contribution is 2.40. The van der Waals surface area contributed by atoms with Crippen molar-refractivity contribution < 1.29 is 23.8 Å². The van der Waals surface area contributed by atoms with E-state index in [9.17, 15) is 19.1 Å². The largest absolute Gasteiger partial charge is 0.507 e. The first-order valence-electron chi connectivity index (χ1n) is 11.2. The highest BCUT2D eigenvalue weighted by Gasteiger charge is 2.45. The number of likely N-dealkylation sites (tertiary alicyclic amines) is 1. The molecule has 1 saturated heterocycles. The van der Waals surface area contributed by atoms with Crippen LogP contribution in [-0.4, -0.2) is 60.4 Å². The van der Waals surface area contributed by atoms with Crippen LogP contribution in [-0.2, 0) is 9.59 Å². The number of ether oxygens (including phenoxy) is 1. The van der Waals surface area contributed by atoms with Crippen molar-refractivity contribution in [3.63, 3.8) is 0 Å². The second-order valence-corrected chi connectivity index (χ2v) is 8.53. The number of Topliss-reactive ketones (excluding diaryl/α,β-unsaturated/α-hetero) is 1. The number of aryl methyl sites for hydroxylation is 1. The van der Waals surface area contributed by atoms with Crippen LogP contribution in [0.15, 0.2) is 48.0 Å². The summed E-state index contributed by atoms with van der Waals surface area (Å²) in [7, 11) is 3.87. The van der Waals surface area contributed by atoms with Crippen LogP contribution in [0.5, 0.6) is 5.75 Å². The van der Waals surface area contributed by atoms with Gasteiger partial charge < -0.3 is 19.6 Å². The smallest absolute Gasteiger partial charge is 0.295 e. The molecule has 1 aliphatic heterocycles. The van der Waals surface area contributed by atoms with E-state index in [1.54, 1.807) is 30.3 Å². The minimum absolute atomic E-state index is 0.0155. The SMILES string of the molecule is CCCOc1ccc(/C(O)=C2/C(=O)C(=O)N(CCCN(C)C)C2c2ccc(F)cc2)c(C)c1. The standard InChI is InChI=1S/C26H31FN2O4/c1-5-15-33-20-11-12-21(17(2)16-20)24(30)22-23(18-7-9-19(27)10-8-18)29(26(32)25(22)31)14-6-13-28(3)4/h7-12,16,23,30H,5-6,13-15H2,1-4H3/b24-22-. The fourth-order valence-electron chi connectivity index (χ4n) is 4.02. The molecule has 0 saturated carbocycles. The van der Waals surface area contributed by atoms with Crippen LogP contribution in [0.3, 0.4) is 0 Å². The number of benzene rings is 2. The number of nitrogens with zero attached hydrogens (tertiary/aromatic N) is 2. The van der Waals surface area contributed by atoms with Gasteiger partial charge in [-0.2, -0.15) is 0 Å². The number of carbonyl (C=O) groups is 2. The number of halogens is 1. The number of amides is 1. The molecule has 7 heteroatoms. The molecule has 0 bridgehead atoms. The quantitative estimate of drug-likeness (QED) is 0.348. The molecule has 1 N–H and O–H groups in total. The van der Waals surface area contributed by atoms with Crippen LogP contribution >= 0.6 is 0 Å². The van der Waals surface area contributed by atoms with Gasteiger partial charge in [-0.3, -0.25) is 9.59 Å². The lowest BCUT2D eigenvalue weighted by atomic mass is 9.94. The van der Waals surface area contributed by atoms with Crippen LogP contribution < -0.4 is 4.74 Å². The summed E-state index contributed by atoms with van der Waals surface area (Å²) < 4.78 is 19.2. The minimum Gasteiger partial charge on any atom is -0.507 e. The number of aliphatic hydroxyl groups excluding tert-OH is 1. The Bertz CT molecular complexity index is 1050. The molecule has 0 aromatic heterocycles. The van der Waals surface area contributed by atoms with E-state index < -0.39 is 23.5 Å². The first-order valence-corrected chi connectivity index (χ1v) is 11.2. The lowest BCUT2D eigenvalue weighted by Crippen LogP contribution is -2.32. The van der Waals surface area contributed by atoms with E-state index in [-0.39, 0.29) is 11.3 Å². The fraction of sp³-hybridized carbons (Fsp3) is 0.385. The van der Waals surface area contributed by atoms with E-state index in [2.05, 4.69) is 0 Å². The Hall–Kier alpha value is -3.19. The van der Waals surface area contributed by atoms with E-state index in [1.165, 1.54) is 17.0 Å². The molecule has 0 aliphatic carbocycles. The average molecular weight is 455 g/mol. The molecule has 1 fully saturated rings. The lowest BCUT2D eigenvalue weighted by Gasteiger charge is -2.26. The predicted octanol–water partition coefficient (Wildman–Crippen LogP) is 4.30. The van der Waals surface area contributed by atoms with Gasteiger partial charge in [-0.15, -0.1) is 0 Å². The second kappa shape index (κ2) is 10.6. The highest BCUT2D eigenvalue weighted by molar-refractivity contribution is 6.46. The molecule has 3 rings (SSSR count). The molecule has 33 heavy (non-hydrogen) atoms. The van der Waals surface area contributed by atoms with Gasteiger partial charge in [0.1, 0.15) is 17.3 Å². The molecule has 1 atom stereocenters. The van der Waals surface area contributed by atoms with Crippen molar-refractivity contribution >= 4 is 17.4 Å². The number of carbonyl (C=O) groups excluding carboxylic acids is 2. The number of aliphatic hydroxyl groups is 1. The van der Waals surface area contributed by atoms with E-state index in [0.717, 1.165) is 18.5 Å². The molecule has 6 nitrogen and oxygen atoms in total. The van der Waals surface area contributed by atoms with Crippen molar-refractivity contribution in [2.24, 2.45) is 0 Å². The Balaban J connectivity index is 2.06. The first-order chi connectivity index (χ1) is 15.7. The zero-order chi connectivity index (χ0) is 24.1. The van der Waals surface area contributed by atoms with Gasteiger partial charge in [0.25, 0.3) is 11.7 Å². The van der Waals surface area contributed by atoms with Gasteiger partial charge in [0.15, 0.2) is 0 Å². The zero-order valence-corrected chi connectivity index (χ0v) is 19.6. The summed E-state index contributed by atoms with van der Waals surface area (Å²) in [6.07, 6.45) is 1.52. The lowest BCUT2D eigenvalue weighted by molar-refractivity contribution is -0.139. The van der Waals surface area contributed by atoms with Crippen molar-refractivity contribution in [3.05, 3.63) is 70.5 Å². The number of ketones is 1. The van der Waals surface area contributed by atoms with Crippen LogP contribution in [0, 0.1) is 12.7 Å². The Morgan fingerprint density at radius 3 is 2.45 bits per heavy atom. The monoisotopic (exact) mass is 454 g/mol. The van der Waals surface area contributed by atoms with Crippen molar-refractivity contribution in [2.45, 2.75) is 32.7 Å². The fourth-order valence-corrected chi connectivity index (χ4v) is 4.02. The Labute approximate surface area is 194 Å². The molecule has 0 radical (unpaired) electrons. The summed E-state index contributed by atoms with van der Waals surface area (Å²) in [4.78, 5) is 29.5. The molecule has 0 spiro atoms. The highest BCUT2D eigenvalue weighted by atomic mass is 19.1. The molecule has 1 aliphatic rings. The normalized spacial score (nSPS) is 17.8. The maximum Gasteiger partial charge on any atom is 0.295 e. The van der Waals surface area contributed by atoms with Crippen molar-refractivity contribution in [1.82, 2.24) is 9.80 Å². The molecule has 2 aromatic rings. The van der Waals surface area contributed by atoms with Gasteiger partial charge in [-0.05, 0) is 81.9 Å². The predicted molar refractivity (Wildman–Crippen MR) is 126 cm³/mol. The van der Waals surface area contributed by atoms with Gasteiger partial charge in [0.05, 0.1) is 18.2 Å². The molecular formula is C26H31FN2O4. The number of hydrogen-bond acceptors (Lipinski definition) is 5. The third kappa shape index (κ3) is 5.42. The molecule has 176 valence electrons. The Morgan fingerprint density at radius 2 is 1.85 bits per heavy atom. The topological polar surface area (TPSA) is 70.1 Å². The van der Waals surface area contributed by atoms with Crippen LogP contribution in [0.1, 0.15) is 42.5 Å². The Morgan fingerprint density at radius 1 is 1.15 bits per heavy atom. The van der Waals surface area contributed by atoms with E-state index in [0.29, 0.717) is 36.4 Å². The van der Waals surface area contributed by atoms with E-state index in [4.69, 9.17) is 4.74 Å². The molecule has 1 heterocycles. The maximum absolute atomic E-state index is 13.6. The van der Waals surface area contributed by atoms with Crippen LogP contribution in [0.4, 0.5) is 4.39 Å². The summed E-state index contributed by atoms with van der Waals surface area (Å²) in [5, 5.41) is 11.2. The maximum atomic E-state index is 13.6. The van der Waals surface area contributed by atoms with Crippen molar-refractivity contribution in [3.8, 4) is 5.75 Å². The van der Waals surface area contributed by atoms with E-state index >= 15 is 0 Å². The minimum atomic E-state index is -0.789. The average Bonchev–Trinajstić information content (AvgIpc) is 3.02. The summed E-state index contributed by atoms with van der Waals surface area (Å²) >= 11 is 0. The number of hydrogen-bond donors (Lipinski definition) is 1. The summed E-state index contributed by atoms with van der Waals surface area (Å²) in [6, 6.07) is 10.1.